The quantitative estimate of drug-likeness (QED) is 0.422. The van der Waals surface area contributed by atoms with Crippen LogP contribution in [0.4, 0.5) is 5.82 Å². The van der Waals surface area contributed by atoms with Crippen molar-refractivity contribution in [2.75, 3.05) is 5.32 Å². The number of hydrogen-bond donors (Lipinski definition) is 1. The van der Waals surface area contributed by atoms with Crippen molar-refractivity contribution in [2.45, 2.75) is 32.6 Å². The molecule has 0 fully saturated rings. The van der Waals surface area contributed by atoms with Crippen molar-refractivity contribution in [3.63, 3.8) is 0 Å². The topological polar surface area (TPSA) is 59.8 Å². The summed E-state index contributed by atoms with van der Waals surface area (Å²) in [6.45, 7) is 1.91. The van der Waals surface area contributed by atoms with E-state index in [1.807, 2.05) is 25.1 Å². The first-order valence-corrected chi connectivity index (χ1v) is 11.2. The number of anilines is 1. The Hall–Kier alpha value is -2.51. The SMILES string of the molecule is Cc1cc(NC(=O)c2ccc(Br)cc2)n(-c2nc3cc4c(cc3s2)CCCC4)n1. The van der Waals surface area contributed by atoms with Gasteiger partial charge in [0.1, 0.15) is 5.82 Å². The van der Waals surface area contributed by atoms with Crippen LogP contribution in [0.5, 0.6) is 0 Å². The van der Waals surface area contributed by atoms with Crippen LogP contribution in [-0.4, -0.2) is 20.7 Å². The summed E-state index contributed by atoms with van der Waals surface area (Å²) in [7, 11) is 0. The Labute approximate surface area is 180 Å². The van der Waals surface area contributed by atoms with E-state index in [9.17, 15) is 4.79 Å². The molecule has 4 aromatic rings. The van der Waals surface area contributed by atoms with Crippen LogP contribution in [0.15, 0.2) is 46.9 Å². The highest BCUT2D eigenvalue weighted by atomic mass is 79.9. The van der Waals surface area contributed by atoms with Gasteiger partial charge >= 0.3 is 0 Å². The smallest absolute Gasteiger partial charge is 0.256 e. The number of benzene rings is 2. The second-order valence-corrected chi connectivity index (χ2v) is 9.26. The van der Waals surface area contributed by atoms with Gasteiger partial charge in [0, 0.05) is 16.1 Å². The third-order valence-corrected chi connectivity index (χ3v) is 6.72. The standard InChI is InChI=1S/C22H19BrN4OS/c1-13-10-20(25-21(28)14-6-8-17(23)9-7-14)27(26-13)22-24-18-11-15-4-2-3-5-16(15)12-19(18)29-22/h6-12H,2-5H2,1H3,(H,25,28). The molecule has 0 aliphatic heterocycles. The van der Waals surface area contributed by atoms with Gasteiger partial charge in [0.05, 0.1) is 15.9 Å². The summed E-state index contributed by atoms with van der Waals surface area (Å²) in [6.07, 6.45) is 4.79. The van der Waals surface area contributed by atoms with E-state index in [-0.39, 0.29) is 5.91 Å². The lowest BCUT2D eigenvalue weighted by Crippen LogP contribution is -2.15. The first-order chi connectivity index (χ1) is 14.1. The van der Waals surface area contributed by atoms with Gasteiger partial charge in [-0.2, -0.15) is 9.78 Å². The Morgan fingerprint density at radius 3 is 2.59 bits per heavy atom. The Kier molecular flexibility index (Phi) is 4.72. The number of thiazole rings is 1. The van der Waals surface area contributed by atoms with E-state index in [0.717, 1.165) is 33.7 Å². The zero-order chi connectivity index (χ0) is 20.0. The van der Waals surface area contributed by atoms with Gasteiger partial charge in [0.15, 0.2) is 0 Å². The lowest BCUT2D eigenvalue weighted by atomic mass is 9.92. The van der Waals surface area contributed by atoms with Crippen molar-refractivity contribution in [3.8, 4) is 5.13 Å². The minimum atomic E-state index is -0.171. The van der Waals surface area contributed by atoms with Crippen LogP contribution in [0.25, 0.3) is 15.3 Å². The Bertz CT molecular complexity index is 1180. The zero-order valence-corrected chi connectivity index (χ0v) is 18.3. The Balaban J connectivity index is 1.50. The summed E-state index contributed by atoms with van der Waals surface area (Å²) in [5.74, 6) is 0.453. The molecule has 2 heterocycles. The summed E-state index contributed by atoms with van der Waals surface area (Å²) < 4.78 is 3.83. The van der Waals surface area contributed by atoms with Crippen molar-refractivity contribution in [3.05, 3.63) is 69.3 Å². The lowest BCUT2D eigenvalue weighted by molar-refractivity contribution is 0.102. The van der Waals surface area contributed by atoms with Crippen LogP contribution in [0.1, 0.15) is 40.0 Å². The molecule has 2 aromatic carbocycles. The Morgan fingerprint density at radius 2 is 1.83 bits per heavy atom. The molecule has 2 aromatic heterocycles. The summed E-state index contributed by atoms with van der Waals surface area (Å²) in [5.41, 5.74) is 5.29. The number of nitrogens with one attached hydrogen (secondary N) is 1. The monoisotopic (exact) mass is 466 g/mol. The molecule has 1 aliphatic rings. The molecule has 5 nitrogen and oxygen atoms in total. The summed E-state index contributed by atoms with van der Waals surface area (Å²) >= 11 is 5.00. The van der Waals surface area contributed by atoms with E-state index < -0.39 is 0 Å². The van der Waals surface area contributed by atoms with Crippen molar-refractivity contribution in [1.29, 1.82) is 0 Å². The number of carbonyl (C=O) groups excluding carboxylic acids is 1. The van der Waals surface area contributed by atoms with Crippen molar-refractivity contribution < 1.29 is 4.79 Å². The van der Waals surface area contributed by atoms with Gasteiger partial charge in [-0.15, -0.1) is 0 Å². The summed E-state index contributed by atoms with van der Waals surface area (Å²) in [4.78, 5) is 17.5. The number of fused-ring (bicyclic) bond motifs is 2. The van der Waals surface area contributed by atoms with E-state index in [4.69, 9.17) is 4.98 Å². The normalized spacial score (nSPS) is 13.4. The van der Waals surface area contributed by atoms with Gasteiger partial charge in [0.2, 0.25) is 5.13 Å². The van der Waals surface area contributed by atoms with Gasteiger partial charge in [-0.25, -0.2) is 4.98 Å². The number of aryl methyl sites for hydroxylation is 3. The van der Waals surface area contributed by atoms with Crippen LogP contribution in [0.2, 0.25) is 0 Å². The third kappa shape index (κ3) is 3.60. The first-order valence-electron chi connectivity index (χ1n) is 9.63. The molecule has 29 heavy (non-hydrogen) atoms. The average molecular weight is 467 g/mol. The lowest BCUT2D eigenvalue weighted by Gasteiger charge is -2.14. The molecule has 0 saturated carbocycles. The molecule has 0 radical (unpaired) electrons. The largest absolute Gasteiger partial charge is 0.306 e. The number of carbonyl (C=O) groups is 1. The third-order valence-electron chi connectivity index (χ3n) is 5.20. The maximum absolute atomic E-state index is 12.7. The second kappa shape index (κ2) is 7.39. The minimum Gasteiger partial charge on any atom is -0.306 e. The molecule has 0 spiro atoms. The number of aromatic nitrogens is 3. The van der Waals surface area contributed by atoms with E-state index in [1.54, 1.807) is 28.2 Å². The van der Waals surface area contributed by atoms with E-state index >= 15 is 0 Å². The zero-order valence-electron chi connectivity index (χ0n) is 15.9. The molecule has 0 bridgehead atoms. The predicted molar refractivity (Wildman–Crippen MR) is 120 cm³/mol. The maximum Gasteiger partial charge on any atom is 0.256 e. The highest BCUT2D eigenvalue weighted by Gasteiger charge is 2.17. The van der Waals surface area contributed by atoms with Gasteiger partial charge in [0.25, 0.3) is 5.91 Å². The second-order valence-electron chi connectivity index (χ2n) is 7.34. The molecule has 146 valence electrons. The molecule has 1 N–H and O–H groups in total. The van der Waals surface area contributed by atoms with Crippen molar-refractivity contribution in [1.82, 2.24) is 14.8 Å². The number of halogens is 1. The molecule has 0 atom stereocenters. The molecule has 7 heteroatoms. The van der Waals surface area contributed by atoms with Crippen LogP contribution in [0.3, 0.4) is 0 Å². The van der Waals surface area contributed by atoms with Crippen LogP contribution in [-0.2, 0) is 12.8 Å². The van der Waals surface area contributed by atoms with E-state index in [0.29, 0.717) is 11.4 Å². The van der Waals surface area contributed by atoms with Crippen LogP contribution >= 0.6 is 27.3 Å². The molecule has 0 unspecified atom stereocenters. The summed E-state index contributed by atoms with van der Waals surface area (Å²) in [6, 6.07) is 13.7. The predicted octanol–water partition coefficient (Wildman–Crippen LogP) is 5.68. The van der Waals surface area contributed by atoms with Gasteiger partial charge in [-0.1, -0.05) is 27.3 Å². The molecule has 5 rings (SSSR count). The van der Waals surface area contributed by atoms with E-state index in [1.165, 1.54) is 28.7 Å². The highest BCUT2D eigenvalue weighted by Crippen LogP contribution is 2.32. The fourth-order valence-electron chi connectivity index (χ4n) is 3.76. The average Bonchev–Trinajstić information content (AvgIpc) is 3.28. The summed E-state index contributed by atoms with van der Waals surface area (Å²) in [5, 5.41) is 8.32. The number of nitrogens with zero attached hydrogens (tertiary/aromatic N) is 3. The molecule has 0 saturated heterocycles. The van der Waals surface area contributed by atoms with Crippen molar-refractivity contribution in [2.24, 2.45) is 0 Å². The maximum atomic E-state index is 12.7. The van der Waals surface area contributed by atoms with Gasteiger partial charge < -0.3 is 5.32 Å². The van der Waals surface area contributed by atoms with Gasteiger partial charge in [-0.05, 0) is 80.1 Å². The number of amides is 1. The molecule has 1 amide bonds. The Morgan fingerprint density at radius 1 is 1.10 bits per heavy atom. The first kappa shape index (κ1) is 18.5. The molecular weight excluding hydrogens is 448 g/mol. The van der Waals surface area contributed by atoms with Crippen LogP contribution in [0, 0.1) is 6.92 Å². The highest BCUT2D eigenvalue weighted by molar-refractivity contribution is 9.10. The van der Waals surface area contributed by atoms with Crippen LogP contribution < -0.4 is 5.32 Å². The fraction of sp³-hybridized carbons (Fsp3) is 0.227. The van der Waals surface area contributed by atoms with E-state index in [2.05, 4.69) is 38.5 Å². The number of hydrogen-bond acceptors (Lipinski definition) is 4. The van der Waals surface area contributed by atoms with Gasteiger partial charge in [-0.3, -0.25) is 4.79 Å². The minimum absolute atomic E-state index is 0.171. The molecular formula is C22H19BrN4OS. The molecule has 1 aliphatic carbocycles. The van der Waals surface area contributed by atoms with Crippen molar-refractivity contribution >= 4 is 49.2 Å². The number of rotatable bonds is 3. The fourth-order valence-corrected chi connectivity index (χ4v) is 5.00.